The number of furan rings is 1. The minimum Gasteiger partial charge on any atom is -0.475 e. The van der Waals surface area contributed by atoms with E-state index < -0.39 is 5.97 Å². The van der Waals surface area contributed by atoms with Crippen molar-refractivity contribution in [2.75, 3.05) is 13.6 Å². The number of aromatic carboxylic acids is 1. The van der Waals surface area contributed by atoms with Crippen LogP contribution in [0.25, 0.3) is 11.0 Å². The zero-order chi connectivity index (χ0) is 14.7. The molecule has 1 unspecified atom stereocenters. The quantitative estimate of drug-likeness (QED) is 0.905. The predicted molar refractivity (Wildman–Crippen MR) is 74.3 cm³/mol. The lowest BCUT2D eigenvalue weighted by molar-refractivity contribution is 0.0665. The highest BCUT2D eigenvalue weighted by Crippen LogP contribution is 2.21. The first-order valence-corrected chi connectivity index (χ1v) is 6.33. The van der Waals surface area contributed by atoms with Gasteiger partial charge in [-0.05, 0) is 37.7 Å². The fraction of sp³-hybridized carbons (Fsp3) is 0.333. The summed E-state index contributed by atoms with van der Waals surface area (Å²) in [5.74, 6) is -1.14. The molecule has 0 fully saturated rings. The van der Waals surface area contributed by atoms with Gasteiger partial charge in [0, 0.05) is 18.5 Å². The number of carboxylic acid groups (broad SMARTS) is 1. The Kier molecular flexibility index (Phi) is 4.06. The smallest absolute Gasteiger partial charge is 0.371 e. The molecule has 0 spiro atoms. The van der Waals surface area contributed by atoms with E-state index in [-0.39, 0.29) is 11.7 Å². The van der Waals surface area contributed by atoms with Crippen molar-refractivity contribution in [2.24, 2.45) is 5.92 Å². The molecule has 1 aromatic carbocycles. The molecule has 20 heavy (non-hydrogen) atoms. The van der Waals surface area contributed by atoms with E-state index in [1.54, 1.807) is 6.07 Å². The van der Waals surface area contributed by atoms with E-state index in [0.717, 1.165) is 10.9 Å². The van der Waals surface area contributed by atoms with E-state index in [1.165, 1.54) is 6.07 Å². The van der Waals surface area contributed by atoms with Crippen molar-refractivity contribution in [2.45, 2.75) is 13.5 Å². The second-order valence-corrected chi connectivity index (χ2v) is 5.01. The molecule has 0 radical (unpaired) electrons. The van der Waals surface area contributed by atoms with Crippen molar-refractivity contribution >= 4 is 16.9 Å². The van der Waals surface area contributed by atoms with Crippen LogP contribution in [0.5, 0.6) is 0 Å². The molecule has 5 heteroatoms. The van der Waals surface area contributed by atoms with Crippen LogP contribution >= 0.6 is 0 Å². The van der Waals surface area contributed by atoms with Gasteiger partial charge in [0.2, 0.25) is 5.76 Å². The molecule has 5 nitrogen and oxygen atoms in total. The molecule has 1 aromatic heterocycles. The average molecular weight is 272 g/mol. The second kappa shape index (κ2) is 5.76. The van der Waals surface area contributed by atoms with Crippen LogP contribution in [-0.2, 0) is 6.54 Å². The highest BCUT2D eigenvalue weighted by molar-refractivity contribution is 5.91. The Hall–Kier alpha value is -2.32. The molecule has 104 valence electrons. The third-order valence-electron chi connectivity index (χ3n) is 3.05. The first-order valence-electron chi connectivity index (χ1n) is 6.33. The summed E-state index contributed by atoms with van der Waals surface area (Å²) in [4.78, 5) is 12.9. The van der Waals surface area contributed by atoms with Crippen LogP contribution in [0.3, 0.4) is 0 Å². The van der Waals surface area contributed by atoms with Crippen molar-refractivity contribution in [3.63, 3.8) is 0 Å². The molecule has 0 aliphatic heterocycles. The topological polar surface area (TPSA) is 77.5 Å². The SMILES string of the molecule is CC(C#N)CN(C)Cc1ccc2oc(C(=O)O)cc2c1. The summed E-state index contributed by atoms with van der Waals surface area (Å²) in [5, 5.41) is 18.5. The van der Waals surface area contributed by atoms with Crippen LogP contribution < -0.4 is 0 Å². The molecule has 2 aromatic rings. The van der Waals surface area contributed by atoms with Gasteiger partial charge in [-0.2, -0.15) is 5.26 Å². The second-order valence-electron chi connectivity index (χ2n) is 5.01. The minimum absolute atomic E-state index is 0.0173. The largest absolute Gasteiger partial charge is 0.475 e. The lowest BCUT2D eigenvalue weighted by atomic mass is 10.1. The van der Waals surface area contributed by atoms with Gasteiger partial charge in [0.05, 0.1) is 12.0 Å². The molecule has 0 saturated carbocycles. The number of nitrogens with zero attached hydrogens (tertiary/aromatic N) is 2. The van der Waals surface area contributed by atoms with Gasteiger partial charge in [-0.15, -0.1) is 0 Å². The number of benzene rings is 1. The Labute approximate surface area is 117 Å². The zero-order valence-corrected chi connectivity index (χ0v) is 11.5. The summed E-state index contributed by atoms with van der Waals surface area (Å²) in [5.41, 5.74) is 1.63. The van der Waals surface area contributed by atoms with Crippen molar-refractivity contribution in [1.29, 1.82) is 5.26 Å². The summed E-state index contributed by atoms with van der Waals surface area (Å²) in [6.45, 7) is 3.28. The van der Waals surface area contributed by atoms with E-state index in [0.29, 0.717) is 18.7 Å². The molecule has 0 bridgehead atoms. The number of rotatable bonds is 5. The van der Waals surface area contributed by atoms with Gasteiger partial charge in [-0.25, -0.2) is 4.79 Å². The van der Waals surface area contributed by atoms with Crippen LogP contribution in [-0.4, -0.2) is 29.6 Å². The van der Waals surface area contributed by atoms with Gasteiger partial charge in [0.15, 0.2) is 0 Å². The average Bonchev–Trinajstić information content (AvgIpc) is 2.81. The molecular formula is C15H16N2O3. The fourth-order valence-corrected chi connectivity index (χ4v) is 2.18. The van der Waals surface area contributed by atoms with Crippen LogP contribution in [0.1, 0.15) is 23.0 Å². The third-order valence-corrected chi connectivity index (χ3v) is 3.05. The first-order chi connectivity index (χ1) is 9.49. The predicted octanol–water partition coefficient (Wildman–Crippen LogP) is 2.72. The monoisotopic (exact) mass is 272 g/mol. The summed E-state index contributed by atoms with van der Waals surface area (Å²) < 4.78 is 5.22. The third kappa shape index (κ3) is 3.16. The standard InChI is InChI=1S/C15H16N2O3/c1-10(7-16)8-17(2)9-11-3-4-13-12(5-11)6-14(20-13)15(18)19/h3-6,10H,8-9H2,1-2H3,(H,18,19). The Morgan fingerprint density at radius 2 is 2.25 bits per heavy atom. The molecule has 0 aliphatic carbocycles. The van der Waals surface area contributed by atoms with Crippen molar-refractivity contribution in [1.82, 2.24) is 4.90 Å². The highest BCUT2D eigenvalue weighted by Gasteiger charge is 2.11. The number of hydrogen-bond donors (Lipinski definition) is 1. The molecule has 0 amide bonds. The summed E-state index contributed by atoms with van der Waals surface area (Å²) >= 11 is 0. The first kappa shape index (κ1) is 14.1. The fourth-order valence-electron chi connectivity index (χ4n) is 2.18. The van der Waals surface area contributed by atoms with Gasteiger partial charge >= 0.3 is 5.97 Å². The Balaban J connectivity index is 2.15. The lowest BCUT2D eigenvalue weighted by Crippen LogP contribution is -2.23. The van der Waals surface area contributed by atoms with Crippen LogP contribution in [0.4, 0.5) is 0 Å². The van der Waals surface area contributed by atoms with Gasteiger partial charge in [0.25, 0.3) is 0 Å². The van der Waals surface area contributed by atoms with Gasteiger partial charge < -0.3 is 14.4 Å². The number of carbonyl (C=O) groups is 1. The summed E-state index contributed by atoms with van der Waals surface area (Å²) in [6, 6.07) is 9.33. The van der Waals surface area contributed by atoms with Crippen LogP contribution in [0.2, 0.25) is 0 Å². The lowest BCUT2D eigenvalue weighted by Gasteiger charge is -2.17. The Morgan fingerprint density at radius 1 is 1.50 bits per heavy atom. The Bertz CT molecular complexity index is 669. The van der Waals surface area contributed by atoms with E-state index in [2.05, 4.69) is 11.0 Å². The number of fused-ring (bicyclic) bond motifs is 1. The van der Waals surface area contributed by atoms with E-state index in [9.17, 15) is 4.79 Å². The zero-order valence-electron chi connectivity index (χ0n) is 11.5. The maximum atomic E-state index is 10.9. The maximum absolute atomic E-state index is 10.9. The van der Waals surface area contributed by atoms with Gasteiger partial charge in [-0.1, -0.05) is 6.07 Å². The van der Waals surface area contributed by atoms with Crippen LogP contribution in [0, 0.1) is 17.2 Å². The summed E-state index contributed by atoms with van der Waals surface area (Å²) in [6.07, 6.45) is 0. The maximum Gasteiger partial charge on any atom is 0.371 e. The van der Waals surface area contributed by atoms with E-state index >= 15 is 0 Å². The highest BCUT2D eigenvalue weighted by atomic mass is 16.4. The normalized spacial score (nSPS) is 12.5. The minimum atomic E-state index is -1.07. The van der Waals surface area contributed by atoms with Crippen molar-refractivity contribution < 1.29 is 14.3 Å². The van der Waals surface area contributed by atoms with Gasteiger partial charge in [-0.3, -0.25) is 0 Å². The number of nitriles is 1. The Morgan fingerprint density at radius 3 is 2.90 bits per heavy atom. The molecule has 0 saturated heterocycles. The van der Waals surface area contributed by atoms with Crippen LogP contribution in [0.15, 0.2) is 28.7 Å². The number of carboxylic acids is 1. The molecule has 2 rings (SSSR count). The van der Waals surface area contributed by atoms with Crippen molar-refractivity contribution in [3.8, 4) is 6.07 Å². The van der Waals surface area contributed by atoms with Gasteiger partial charge in [0.1, 0.15) is 5.58 Å². The molecule has 0 aliphatic rings. The molecule has 1 N–H and O–H groups in total. The molecule has 1 heterocycles. The van der Waals surface area contributed by atoms with Crippen molar-refractivity contribution in [3.05, 3.63) is 35.6 Å². The molecular weight excluding hydrogens is 256 g/mol. The van der Waals surface area contributed by atoms with E-state index in [4.69, 9.17) is 14.8 Å². The number of hydrogen-bond acceptors (Lipinski definition) is 4. The molecule has 1 atom stereocenters. The summed E-state index contributed by atoms with van der Waals surface area (Å²) in [7, 11) is 1.95. The van der Waals surface area contributed by atoms with E-state index in [1.807, 2.05) is 26.1 Å².